The second-order valence-corrected chi connectivity index (χ2v) is 5.54. The van der Waals surface area contributed by atoms with E-state index >= 15 is 0 Å². The normalized spacial score (nSPS) is 12.5. The number of hydrogen-bond donors (Lipinski definition) is 1. The third-order valence-electron chi connectivity index (χ3n) is 2.92. The second-order valence-electron chi connectivity index (χ2n) is 5.54. The molecule has 19 heavy (non-hydrogen) atoms. The summed E-state index contributed by atoms with van der Waals surface area (Å²) in [5.41, 5.74) is 0.414. The third-order valence-corrected chi connectivity index (χ3v) is 2.92. The summed E-state index contributed by atoms with van der Waals surface area (Å²) in [5.74, 6) is -0.866. The van der Waals surface area contributed by atoms with Crippen LogP contribution in [0.1, 0.15) is 27.2 Å². The molecule has 4 nitrogen and oxygen atoms in total. The van der Waals surface area contributed by atoms with Crippen molar-refractivity contribution < 1.29 is 9.90 Å². The van der Waals surface area contributed by atoms with E-state index in [0.717, 1.165) is 5.69 Å². The van der Waals surface area contributed by atoms with Gasteiger partial charge in [-0.25, -0.2) is 4.79 Å². The molecule has 1 unspecified atom stereocenters. The molecule has 0 heterocycles. The van der Waals surface area contributed by atoms with Crippen molar-refractivity contribution in [2.75, 3.05) is 11.4 Å². The van der Waals surface area contributed by atoms with E-state index in [1.54, 1.807) is 4.90 Å². The smallest absolute Gasteiger partial charge is 0.326 e. The lowest BCUT2D eigenvalue weighted by Gasteiger charge is -2.38. The minimum absolute atomic E-state index is 0.300. The van der Waals surface area contributed by atoms with Gasteiger partial charge in [0.1, 0.15) is 6.04 Å². The van der Waals surface area contributed by atoms with Crippen molar-refractivity contribution >= 4 is 11.7 Å². The van der Waals surface area contributed by atoms with Crippen molar-refractivity contribution in [2.24, 2.45) is 5.41 Å². The highest BCUT2D eigenvalue weighted by molar-refractivity contribution is 5.79. The van der Waals surface area contributed by atoms with Gasteiger partial charge in [0.15, 0.2) is 0 Å². The predicted molar refractivity (Wildman–Crippen MR) is 74.9 cm³/mol. The van der Waals surface area contributed by atoms with Gasteiger partial charge in [0, 0.05) is 12.2 Å². The number of benzene rings is 1. The SMILES string of the molecule is CC(C)(C)C(C(=O)O)N(CCC#N)c1ccccc1. The second kappa shape index (κ2) is 6.24. The Morgan fingerprint density at radius 2 is 1.95 bits per heavy atom. The number of carboxylic acid groups (broad SMARTS) is 1. The van der Waals surface area contributed by atoms with Gasteiger partial charge in [-0.1, -0.05) is 39.0 Å². The van der Waals surface area contributed by atoms with Crippen LogP contribution < -0.4 is 4.90 Å². The Bertz CT molecular complexity index is 457. The van der Waals surface area contributed by atoms with Gasteiger partial charge in [0.2, 0.25) is 0 Å². The van der Waals surface area contributed by atoms with Crippen LogP contribution in [0.15, 0.2) is 30.3 Å². The zero-order valence-corrected chi connectivity index (χ0v) is 11.6. The van der Waals surface area contributed by atoms with Gasteiger partial charge < -0.3 is 10.0 Å². The lowest BCUT2D eigenvalue weighted by Crippen LogP contribution is -2.50. The molecule has 0 saturated carbocycles. The molecule has 0 aliphatic heterocycles. The Balaban J connectivity index is 3.15. The molecule has 4 heteroatoms. The molecule has 0 aromatic heterocycles. The fraction of sp³-hybridized carbons (Fsp3) is 0.467. The number of nitrogens with zero attached hydrogens (tertiary/aromatic N) is 2. The Kier molecular flexibility index (Phi) is 4.94. The summed E-state index contributed by atoms with van der Waals surface area (Å²) in [6.07, 6.45) is 0.300. The number of aliphatic carboxylic acids is 1. The fourth-order valence-electron chi connectivity index (χ4n) is 2.17. The molecule has 0 aliphatic rings. The summed E-state index contributed by atoms with van der Waals surface area (Å²) in [7, 11) is 0. The monoisotopic (exact) mass is 260 g/mol. The number of carboxylic acids is 1. The highest BCUT2D eigenvalue weighted by Crippen LogP contribution is 2.29. The van der Waals surface area contributed by atoms with E-state index < -0.39 is 17.4 Å². The lowest BCUT2D eigenvalue weighted by molar-refractivity contribution is -0.141. The van der Waals surface area contributed by atoms with Gasteiger partial charge in [-0.3, -0.25) is 0 Å². The first-order chi connectivity index (χ1) is 8.88. The van der Waals surface area contributed by atoms with E-state index in [9.17, 15) is 9.90 Å². The molecule has 0 bridgehead atoms. The van der Waals surface area contributed by atoms with E-state index in [2.05, 4.69) is 6.07 Å². The van der Waals surface area contributed by atoms with E-state index in [4.69, 9.17) is 5.26 Å². The van der Waals surface area contributed by atoms with Crippen LogP contribution in [0.25, 0.3) is 0 Å². The molecule has 0 saturated heterocycles. The molecule has 1 atom stereocenters. The molecule has 0 radical (unpaired) electrons. The number of para-hydroxylation sites is 1. The largest absolute Gasteiger partial charge is 0.480 e. The summed E-state index contributed by atoms with van der Waals surface area (Å²) in [6.45, 7) is 6.10. The van der Waals surface area contributed by atoms with Crippen molar-refractivity contribution in [2.45, 2.75) is 33.2 Å². The molecule has 0 amide bonds. The van der Waals surface area contributed by atoms with Crippen LogP contribution in [0, 0.1) is 16.7 Å². The first-order valence-corrected chi connectivity index (χ1v) is 6.29. The predicted octanol–water partition coefficient (Wildman–Crippen LogP) is 2.91. The van der Waals surface area contributed by atoms with Gasteiger partial charge in [-0.05, 0) is 17.5 Å². The molecule has 102 valence electrons. The quantitative estimate of drug-likeness (QED) is 0.884. The van der Waals surface area contributed by atoms with E-state index in [0.29, 0.717) is 13.0 Å². The van der Waals surface area contributed by atoms with Gasteiger partial charge in [0.25, 0.3) is 0 Å². The van der Waals surface area contributed by atoms with Crippen LogP contribution in [0.5, 0.6) is 0 Å². The summed E-state index contributed by atoms with van der Waals surface area (Å²) >= 11 is 0. The van der Waals surface area contributed by atoms with Crippen LogP contribution in [0.2, 0.25) is 0 Å². The molecular formula is C15H20N2O2. The Morgan fingerprint density at radius 3 is 2.37 bits per heavy atom. The van der Waals surface area contributed by atoms with E-state index in [-0.39, 0.29) is 0 Å². The molecule has 1 N–H and O–H groups in total. The molecule has 0 fully saturated rings. The topological polar surface area (TPSA) is 64.3 Å². The third kappa shape index (κ3) is 3.99. The van der Waals surface area contributed by atoms with Crippen molar-refractivity contribution in [1.82, 2.24) is 0 Å². The molecule has 1 aromatic rings. The van der Waals surface area contributed by atoms with Crippen molar-refractivity contribution in [3.05, 3.63) is 30.3 Å². The molecule has 0 aliphatic carbocycles. The molecule has 0 spiro atoms. The lowest BCUT2D eigenvalue weighted by atomic mass is 9.85. The number of rotatable bonds is 5. The molecular weight excluding hydrogens is 240 g/mol. The maximum absolute atomic E-state index is 11.6. The summed E-state index contributed by atoms with van der Waals surface area (Å²) < 4.78 is 0. The Labute approximate surface area is 114 Å². The van der Waals surface area contributed by atoms with Crippen LogP contribution in [-0.2, 0) is 4.79 Å². The van der Waals surface area contributed by atoms with Gasteiger partial charge in [0.05, 0.1) is 12.5 Å². The first-order valence-electron chi connectivity index (χ1n) is 6.29. The number of hydrogen-bond acceptors (Lipinski definition) is 3. The zero-order chi connectivity index (χ0) is 14.5. The van der Waals surface area contributed by atoms with Crippen molar-refractivity contribution in [1.29, 1.82) is 5.26 Å². The average Bonchev–Trinajstić information content (AvgIpc) is 2.33. The maximum atomic E-state index is 11.6. The number of anilines is 1. The fourth-order valence-corrected chi connectivity index (χ4v) is 2.17. The summed E-state index contributed by atoms with van der Waals surface area (Å²) in [6, 6.07) is 10.8. The van der Waals surface area contributed by atoms with Gasteiger partial charge >= 0.3 is 5.97 Å². The van der Waals surface area contributed by atoms with Crippen molar-refractivity contribution in [3.63, 3.8) is 0 Å². The van der Waals surface area contributed by atoms with E-state index in [1.165, 1.54) is 0 Å². The maximum Gasteiger partial charge on any atom is 0.326 e. The Morgan fingerprint density at radius 1 is 1.37 bits per heavy atom. The van der Waals surface area contributed by atoms with E-state index in [1.807, 2.05) is 51.1 Å². The highest BCUT2D eigenvalue weighted by atomic mass is 16.4. The first kappa shape index (κ1) is 15.0. The summed E-state index contributed by atoms with van der Waals surface area (Å²) in [4.78, 5) is 13.4. The average molecular weight is 260 g/mol. The zero-order valence-electron chi connectivity index (χ0n) is 11.6. The minimum atomic E-state index is -0.866. The number of nitriles is 1. The highest BCUT2D eigenvalue weighted by Gasteiger charge is 2.36. The van der Waals surface area contributed by atoms with Crippen LogP contribution in [-0.4, -0.2) is 23.7 Å². The Hall–Kier alpha value is -2.02. The minimum Gasteiger partial charge on any atom is -0.480 e. The van der Waals surface area contributed by atoms with Crippen molar-refractivity contribution in [3.8, 4) is 6.07 Å². The standard InChI is InChI=1S/C15H20N2O2/c1-15(2,3)13(14(18)19)17(11-7-10-16)12-8-5-4-6-9-12/h4-6,8-9,13H,7,11H2,1-3H3,(H,18,19). The summed E-state index contributed by atoms with van der Waals surface area (Å²) in [5, 5.41) is 18.3. The van der Waals surface area contributed by atoms with Crippen LogP contribution in [0.4, 0.5) is 5.69 Å². The molecule has 1 rings (SSSR count). The van der Waals surface area contributed by atoms with Crippen LogP contribution in [0.3, 0.4) is 0 Å². The molecule has 1 aromatic carbocycles. The van der Waals surface area contributed by atoms with Crippen LogP contribution >= 0.6 is 0 Å². The van der Waals surface area contributed by atoms with Gasteiger partial charge in [-0.15, -0.1) is 0 Å². The number of carbonyl (C=O) groups is 1. The van der Waals surface area contributed by atoms with Gasteiger partial charge in [-0.2, -0.15) is 5.26 Å².